The lowest BCUT2D eigenvalue weighted by Crippen LogP contribution is -2.34. The summed E-state index contributed by atoms with van der Waals surface area (Å²) in [7, 11) is 0. The largest absolute Gasteiger partial charge is 0.489 e. The number of amides is 1. The minimum atomic E-state index is -0.0619. The number of hydrogen-bond acceptors (Lipinski definition) is 3. The number of carbonyl (C=O) groups is 1. The van der Waals surface area contributed by atoms with Crippen LogP contribution >= 0.6 is 0 Å². The molecule has 0 aliphatic rings. The van der Waals surface area contributed by atoms with Crippen molar-refractivity contribution in [3.8, 4) is 5.75 Å². The van der Waals surface area contributed by atoms with E-state index in [1.807, 2.05) is 30.3 Å². The third-order valence-corrected chi connectivity index (χ3v) is 4.19. The standard InChI is InChI=1S/C21H28N2O2/c1-4-23(5-2)13-12-22-21(24)19-10-7-11-20(15-19)25-16-18-9-6-8-17(3)14-18/h6-11,14-15H,4-5,12-13,16H2,1-3H3,(H,22,24). The number of hydrogen-bond donors (Lipinski definition) is 1. The molecule has 0 aliphatic carbocycles. The van der Waals surface area contributed by atoms with E-state index < -0.39 is 0 Å². The van der Waals surface area contributed by atoms with Gasteiger partial charge in [-0.25, -0.2) is 0 Å². The van der Waals surface area contributed by atoms with Crippen LogP contribution in [0.25, 0.3) is 0 Å². The highest BCUT2D eigenvalue weighted by Crippen LogP contribution is 2.15. The highest BCUT2D eigenvalue weighted by atomic mass is 16.5. The fraction of sp³-hybridized carbons (Fsp3) is 0.381. The molecule has 0 radical (unpaired) electrons. The quantitative estimate of drug-likeness (QED) is 0.758. The van der Waals surface area contributed by atoms with E-state index in [9.17, 15) is 4.79 Å². The molecular formula is C21H28N2O2. The molecule has 0 saturated heterocycles. The summed E-state index contributed by atoms with van der Waals surface area (Å²) in [6.45, 7) is 10.3. The molecule has 2 aromatic rings. The molecular weight excluding hydrogens is 312 g/mol. The zero-order valence-corrected chi connectivity index (χ0v) is 15.4. The third-order valence-electron chi connectivity index (χ3n) is 4.19. The van der Waals surface area contributed by atoms with Crippen molar-refractivity contribution >= 4 is 5.91 Å². The molecule has 4 heteroatoms. The van der Waals surface area contributed by atoms with Gasteiger partial charge >= 0.3 is 0 Å². The van der Waals surface area contributed by atoms with Gasteiger partial charge in [-0.15, -0.1) is 0 Å². The second-order valence-corrected chi connectivity index (χ2v) is 6.09. The first-order chi connectivity index (χ1) is 12.1. The van der Waals surface area contributed by atoms with Gasteiger partial charge in [0.2, 0.25) is 0 Å². The van der Waals surface area contributed by atoms with E-state index in [2.05, 4.69) is 43.1 Å². The number of aryl methyl sites for hydroxylation is 1. The Kier molecular flexibility index (Phi) is 7.48. The second kappa shape index (κ2) is 9.84. The van der Waals surface area contributed by atoms with Gasteiger partial charge in [0.15, 0.2) is 0 Å². The average Bonchev–Trinajstić information content (AvgIpc) is 2.64. The minimum absolute atomic E-state index is 0.0619. The normalized spacial score (nSPS) is 10.7. The molecule has 0 spiro atoms. The molecule has 134 valence electrons. The molecule has 0 saturated carbocycles. The number of ether oxygens (including phenoxy) is 1. The number of rotatable bonds is 9. The van der Waals surface area contributed by atoms with Gasteiger partial charge < -0.3 is 15.0 Å². The number of nitrogens with zero attached hydrogens (tertiary/aromatic N) is 1. The maximum absolute atomic E-state index is 12.3. The summed E-state index contributed by atoms with van der Waals surface area (Å²) >= 11 is 0. The molecule has 25 heavy (non-hydrogen) atoms. The van der Waals surface area contributed by atoms with Gasteiger partial charge in [-0.3, -0.25) is 4.79 Å². The van der Waals surface area contributed by atoms with E-state index >= 15 is 0 Å². The Morgan fingerprint density at radius 3 is 2.56 bits per heavy atom. The zero-order valence-electron chi connectivity index (χ0n) is 15.4. The van der Waals surface area contributed by atoms with Crippen molar-refractivity contribution in [3.05, 3.63) is 65.2 Å². The fourth-order valence-corrected chi connectivity index (χ4v) is 2.67. The number of nitrogens with one attached hydrogen (secondary N) is 1. The van der Waals surface area contributed by atoms with Crippen LogP contribution in [0.3, 0.4) is 0 Å². The van der Waals surface area contributed by atoms with Crippen molar-refractivity contribution in [2.75, 3.05) is 26.2 Å². The number of likely N-dealkylation sites (N-methyl/N-ethyl adjacent to an activating group) is 1. The van der Waals surface area contributed by atoms with Crippen molar-refractivity contribution < 1.29 is 9.53 Å². The van der Waals surface area contributed by atoms with Crippen molar-refractivity contribution in [2.24, 2.45) is 0 Å². The van der Waals surface area contributed by atoms with Gasteiger partial charge in [-0.2, -0.15) is 0 Å². The molecule has 1 N–H and O–H groups in total. The van der Waals surface area contributed by atoms with Crippen molar-refractivity contribution in [2.45, 2.75) is 27.4 Å². The molecule has 0 aliphatic heterocycles. The topological polar surface area (TPSA) is 41.6 Å². The summed E-state index contributed by atoms with van der Waals surface area (Å²) in [5.41, 5.74) is 2.96. The van der Waals surface area contributed by atoms with E-state index in [1.54, 1.807) is 6.07 Å². The highest BCUT2D eigenvalue weighted by Gasteiger charge is 2.07. The lowest BCUT2D eigenvalue weighted by Gasteiger charge is -2.18. The molecule has 0 heterocycles. The molecule has 1 amide bonds. The smallest absolute Gasteiger partial charge is 0.251 e. The Balaban J connectivity index is 1.88. The zero-order chi connectivity index (χ0) is 18.1. The van der Waals surface area contributed by atoms with Gasteiger partial charge in [-0.1, -0.05) is 49.7 Å². The molecule has 0 atom stereocenters. The number of benzene rings is 2. The van der Waals surface area contributed by atoms with Crippen LogP contribution in [-0.4, -0.2) is 37.0 Å². The fourth-order valence-electron chi connectivity index (χ4n) is 2.67. The second-order valence-electron chi connectivity index (χ2n) is 6.09. The van der Waals surface area contributed by atoms with Crippen LogP contribution in [0.5, 0.6) is 5.75 Å². The molecule has 0 fully saturated rings. The molecule has 2 rings (SSSR count). The maximum Gasteiger partial charge on any atom is 0.251 e. The lowest BCUT2D eigenvalue weighted by molar-refractivity contribution is 0.0948. The molecule has 0 aromatic heterocycles. The summed E-state index contributed by atoms with van der Waals surface area (Å²) in [6, 6.07) is 15.6. The van der Waals surface area contributed by atoms with Crippen molar-refractivity contribution in [3.63, 3.8) is 0 Å². The predicted molar refractivity (Wildman–Crippen MR) is 102 cm³/mol. The lowest BCUT2D eigenvalue weighted by atomic mass is 10.1. The first kappa shape index (κ1) is 19.0. The van der Waals surface area contributed by atoms with Crippen LogP contribution in [0.15, 0.2) is 48.5 Å². The Labute approximate surface area is 150 Å². The summed E-state index contributed by atoms with van der Waals surface area (Å²) in [5.74, 6) is 0.645. The molecule has 4 nitrogen and oxygen atoms in total. The first-order valence-electron chi connectivity index (χ1n) is 8.91. The third kappa shape index (κ3) is 6.24. The van der Waals surface area contributed by atoms with Crippen LogP contribution in [0.4, 0.5) is 0 Å². The highest BCUT2D eigenvalue weighted by molar-refractivity contribution is 5.94. The summed E-state index contributed by atoms with van der Waals surface area (Å²) in [5, 5.41) is 2.97. The molecule has 2 aromatic carbocycles. The minimum Gasteiger partial charge on any atom is -0.489 e. The van der Waals surface area contributed by atoms with Crippen molar-refractivity contribution in [1.82, 2.24) is 10.2 Å². The van der Waals surface area contributed by atoms with E-state index in [0.717, 1.165) is 25.2 Å². The Bertz CT molecular complexity index is 681. The van der Waals surface area contributed by atoms with Crippen molar-refractivity contribution in [1.29, 1.82) is 0 Å². The number of carbonyl (C=O) groups excluding carboxylic acids is 1. The molecule has 0 unspecified atom stereocenters. The van der Waals surface area contributed by atoms with Gasteiger partial charge in [0, 0.05) is 18.7 Å². The maximum atomic E-state index is 12.3. The van der Waals surface area contributed by atoms with Gasteiger partial charge in [0.25, 0.3) is 5.91 Å². The van der Waals surface area contributed by atoms with E-state index in [0.29, 0.717) is 24.5 Å². The van der Waals surface area contributed by atoms with Crippen LogP contribution < -0.4 is 10.1 Å². The van der Waals surface area contributed by atoms with Gasteiger partial charge in [0.1, 0.15) is 12.4 Å². The Morgan fingerprint density at radius 1 is 1.08 bits per heavy atom. The SMILES string of the molecule is CCN(CC)CCNC(=O)c1cccc(OCc2cccc(C)c2)c1. The first-order valence-corrected chi connectivity index (χ1v) is 8.91. The molecule has 0 bridgehead atoms. The summed E-state index contributed by atoms with van der Waals surface area (Å²) in [6.07, 6.45) is 0. The van der Waals surface area contributed by atoms with E-state index in [4.69, 9.17) is 4.74 Å². The Morgan fingerprint density at radius 2 is 1.84 bits per heavy atom. The van der Waals surface area contributed by atoms with Gasteiger partial charge in [0.05, 0.1) is 0 Å². The summed E-state index contributed by atoms with van der Waals surface area (Å²) < 4.78 is 5.83. The van der Waals surface area contributed by atoms with E-state index in [-0.39, 0.29) is 5.91 Å². The average molecular weight is 340 g/mol. The monoisotopic (exact) mass is 340 g/mol. The Hall–Kier alpha value is -2.33. The van der Waals surface area contributed by atoms with E-state index in [1.165, 1.54) is 5.56 Å². The van der Waals surface area contributed by atoms with Crippen LogP contribution in [0, 0.1) is 6.92 Å². The van der Waals surface area contributed by atoms with Crippen LogP contribution in [-0.2, 0) is 6.61 Å². The van der Waals surface area contributed by atoms with Crippen LogP contribution in [0.1, 0.15) is 35.3 Å². The summed E-state index contributed by atoms with van der Waals surface area (Å²) in [4.78, 5) is 14.6. The van der Waals surface area contributed by atoms with Gasteiger partial charge in [-0.05, 0) is 43.8 Å². The van der Waals surface area contributed by atoms with Crippen LogP contribution in [0.2, 0.25) is 0 Å². The predicted octanol–water partition coefficient (Wildman–Crippen LogP) is 3.65.